The Bertz CT molecular complexity index is 1220. The van der Waals surface area contributed by atoms with Gasteiger partial charge in [-0.05, 0) is 32.0 Å². The molecule has 1 unspecified atom stereocenters. The van der Waals surface area contributed by atoms with Crippen molar-refractivity contribution < 1.29 is 28.6 Å². The number of rotatable bonds is 5. The van der Waals surface area contributed by atoms with Crippen LogP contribution in [0.2, 0.25) is 0 Å². The summed E-state index contributed by atoms with van der Waals surface area (Å²) in [6, 6.07) is 13.8. The number of esters is 2. The highest BCUT2D eigenvalue weighted by molar-refractivity contribution is 9.10. The van der Waals surface area contributed by atoms with Crippen molar-refractivity contribution >= 4 is 45.2 Å². The van der Waals surface area contributed by atoms with Crippen LogP contribution in [-0.4, -0.2) is 31.1 Å². The Hall–Kier alpha value is -3.59. The van der Waals surface area contributed by atoms with Gasteiger partial charge in [0.25, 0.3) is 0 Å². The van der Waals surface area contributed by atoms with Crippen molar-refractivity contribution in [2.75, 3.05) is 18.5 Å². The molecule has 3 N–H and O–H groups in total. The Morgan fingerprint density at radius 1 is 1.03 bits per heavy atom. The molecule has 1 atom stereocenters. The topological polar surface area (TPSA) is 117 Å². The van der Waals surface area contributed by atoms with Crippen molar-refractivity contribution in [2.24, 2.45) is 5.73 Å². The third kappa shape index (κ3) is 3.48. The van der Waals surface area contributed by atoms with E-state index in [1.54, 1.807) is 62.4 Å². The van der Waals surface area contributed by atoms with Crippen molar-refractivity contribution in [3.63, 3.8) is 0 Å². The van der Waals surface area contributed by atoms with Gasteiger partial charge < -0.3 is 25.3 Å². The van der Waals surface area contributed by atoms with Crippen LogP contribution in [-0.2, 0) is 34.0 Å². The second-order valence-electron chi connectivity index (χ2n) is 7.25. The number of hydrogen-bond acceptors (Lipinski definition) is 7. The number of anilines is 1. The van der Waals surface area contributed by atoms with Gasteiger partial charge in [0.05, 0.1) is 13.2 Å². The van der Waals surface area contributed by atoms with Crippen LogP contribution in [0.4, 0.5) is 5.69 Å². The van der Waals surface area contributed by atoms with E-state index in [0.29, 0.717) is 21.3 Å². The second kappa shape index (κ2) is 8.74. The van der Waals surface area contributed by atoms with E-state index < -0.39 is 23.3 Å². The van der Waals surface area contributed by atoms with Gasteiger partial charge in [0.2, 0.25) is 11.8 Å². The molecule has 170 valence electrons. The molecule has 33 heavy (non-hydrogen) atoms. The summed E-state index contributed by atoms with van der Waals surface area (Å²) in [6.07, 6.45) is 0. The standard InChI is InChI=1S/C24H21BrN2O6/c1-3-31-21(28)17-19(13-8-6-5-7-9-13)33-20(26)18(22(29)32-4-2)24(17)15-12-14(25)10-11-16(15)27-23(24)30/h5-12H,3-4,26H2,1-2H3,(H,27,30). The normalized spacial score (nSPS) is 19.2. The third-order valence-corrected chi connectivity index (χ3v) is 5.90. The number of nitrogens with one attached hydrogen (secondary N) is 1. The van der Waals surface area contributed by atoms with Gasteiger partial charge in [0, 0.05) is 21.3 Å². The number of carbonyl (C=O) groups is 3. The van der Waals surface area contributed by atoms with Crippen LogP contribution >= 0.6 is 15.9 Å². The van der Waals surface area contributed by atoms with Gasteiger partial charge in [-0.1, -0.05) is 46.3 Å². The maximum atomic E-state index is 13.8. The lowest BCUT2D eigenvalue weighted by Gasteiger charge is -2.36. The zero-order chi connectivity index (χ0) is 23.8. The zero-order valence-electron chi connectivity index (χ0n) is 17.9. The Kier molecular flexibility index (Phi) is 5.99. The molecular formula is C24H21BrN2O6. The zero-order valence-corrected chi connectivity index (χ0v) is 19.5. The quantitative estimate of drug-likeness (QED) is 0.589. The van der Waals surface area contributed by atoms with Crippen molar-refractivity contribution in [2.45, 2.75) is 19.3 Å². The lowest BCUT2D eigenvalue weighted by atomic mass is 9.67. The van der Waals surface area contributed by atoms with E-state index in [0.717, 1.165) is 0 Å². The average molecular weight is 513 g/mol. The monoisotopic (exact) mass is 512 g/mol. The van der Waals surface area contributed by atoms with Gasteiger partial charge in [-0.25, -0.2) is 9.59 Å². The van der Waals surface area contributed by atoms with E-state index in [1.807, 2.05) is 0 Å². The molecule has 0 aromatic heterocycles. The molecular weight excluding hydrogens is 492 g/mol. The first-order valence-corrected chi connectivity index (χ1v) is 11.1. The molecule has 2 aromatic rings. The molecule has 9 heteroatoms. The van der Waals surface area contributed by atoms with Gasteiger partial charge in [0.1, 0.15) is 22.3 Å². The van der Waals surface area contributed by atoms with E-state index >= 15 is 0 Å². The highest BCUT2D eigenvalue weighted by atomic mass is 79.9. The highest BCUT2D eigenvalue weighted by Gasteiger charge is 2.62. The van der Waals surface area contributed by atoms with E-state index in [9.17, 15) is 14.4 Å². The fourth-order valence-electron chi connectivity index (χ4n) is 4.16. The molecule has 0 bridgehead atoms. The van der Waals surface area contributed by atoms with Crippen molar-refractivity contribution in [1.82, 2.24) is 0 Å². The summed E-state index contributed by atoms with van der Waals surface area (Å²) in [5.74, 6) is -2.62. The summed E-state index contributed by atoms with van der Waals surface area (Å²) < 4.78 is 17.1. The SMILES string of the molecule is CCOC(=O)C1=C(N)OC(c2ccccc2)=C(C(=O)OCC)C12C(=O)Nc1ccc(Br)cc12. The molecule has 1 amide bonds. The van der Waals surface area contributed by atoms with E-state index in [4.69, 9.17) is 19.9 Å². The maximum absolute atomic E-state index is 13.8. The van der Waals surface area contributed by atoms with Crippen molar-refractivity contribution in [3.05, 3.63) is 81.2 Å². The number of amides is 1. The van der Waals surface area contributed by atoms with Crippen LogP contribution in [0.3, 0.4) is 0 Å². The summed E-state index contributed by atoms with van der Waals surface area (Å²) in [5, 5.41) is 2.78. The molecule has 0 aliphatic carbocycles. The molecule has 0 fully saturated rings. The van der Waals surface area contributed by atoms with E-state index in [2.05, 4.69) is 21.2 Å². The lowest BCUT2D eigenvalue weighted by Crippen LogP contribution is -2.48. The minimum Gasteiger partial charge on any atom is -0.462 e. The lowest BCUT2D eigenvalue weighted by molar-refractivity contribution is -0.142. The number of ether oxygens (including phenoxy) is 3. The van der Waals surface area contributed by atoms with Gasteiger partial charge in [0.15, 0.2) is 0 Å². The van der Waals surface area contributed by atoms with Crippen LogP contribution in [0.25, 0.3) is 5.76 Å². The van der Waals surface area contributed by atoms with Crippen LogP contribution in [0.1, 0.15) is 25.0 Å². The second-order valence-corrected chi connectivity index (χ2v) is 8.16. The number of benzene rings is 2. The van der Waals surface area contributed by atoms with Gasteiger partial charge >= 0.3 is 11.9 Å². The Labute approximate surface area is 198 Å². The number of halogens is 1. The first-order chi connectivity index (χ1) is 15.9. The average Bonchev–Trinajstić information content (AvgIpc) is 3.06. The van der Waals surface area contributed by atoms with Gasteiger partial charge in [-0.15, -0.1) is 0 Å². The van der Waals surface area contributed by atoms with Crippen molar-refractivity contribution in [3.8, 4) is 0 Å². The first kappa shape index (κ1) is 22.6. The van der Waals surface area contributed by atoms with E-state index in [-0.39, 0.29) is 36.0 Å². The van der Waals surface area contributed by atoms with Crippen LogP contribution in [0.5, 0.6) is 0 Å². The highest BCUT2D eigenvalue weighted by Crippen LogP contribution is 2.54. The first-order valence-electron chi connectivity index (χ1n) is 10.3. The number of fused-ring (bicyclic) bond motifs is 2. The van der Waals surface area contributed by atoms with Gasteiger partial charge in [-0.3, -0.25) is 4.79 Å². The molecule has 4 rings (SSSR count). The Morgan fingerprint density at radius 2 is 1.67 bits per heavy atom. The summed E-state index contributed by atoms with van der Waals surface area (Å²) in [7, 11) is 0. The molecule has 2 aliphatic rings. The summed E-state index contributed by atoms with van der Waals surface area (Å²) in [6.45, 7) is 3.35. The molecule has 2 aliphatic heterocycles. The number of nitrogens with two attached hydrogens (primary N) is 1. The minimum absolute atomic E-state index is 0.0302. The fourth-order valence-corrected chi connectivity index (χ4v) is 4.52. The Morgan fingerprint density at radius 3 is 2.30 bits per heavy atom. The smallest absolute Gasteiger partial charge is 0.341 e. The summed E-state index contributed by atoms with van der Waals surface area (Å²) in [5.41, 5.74) is 5.17. The molecule has 2 aromatic carbocycles. The molecule has 2 heterocycles. The van der Waals surface area contributed by atoms with E-state index in [1.165, 1.54) is 0 Å². The molecule has 0 saturated carbocycles. The van der Waals surface area contributed by atoms with Crippen molar-refractivity contribution in [1.29, 1.82) is 0 Å². The van der Waals surface area contributed by atoms with Crippen LogP contribution in [0, 0.1) is 0 Å². The predicted molar refractivity (Wildman–Crippen MR) is 123 cm³/mol. The summed E-state index contributed by atoms with van der Waals surface area (Å²) in [4.78, 5) is 40.4. The largest absolute Gasteiger partial charge is 0.462 e. The maximum Gasteiger partial charge on any atom is 0.341 e. The van der Waals surface area contributed by atoms with Crippen LogP contribution in [0.15, 0.2) is 70.0 Å². The molecule has 0 saturated heterocycles. The van der Waals surface area contributed by atoms with Gasteiger partial charge in [-0.2, -0.15) is 0 Å². The Balaban J connectivity index is 2.15. The summed E-state index contributed by atoms with van der Waals surface area (Å²) >= 11 is 3.42. The number of carbonyl (C=O) groups excluding carboxylic acids is 3. The molecule has 0 radical (unpaired) electrons. The fraction of sp³-hybridized carbons (Fsp3) is 0.208. The molecule has 8 nitrogen and oxygen atoms in total. The molecule has 1 spiro atoms. The predicted octanol–water partition coefficient (Wildman–Crippen LogP) is 3.38. The number of hydrogen-bond donors (Lipinski definition) is 2. The third-order valence-electron chi connectivity index (χ3n) is 5.40. The van der Waals surface area contributed by atoms with Crippen LogP contribution < -0.4 is 11.1 Å². The minimum atomic E-state index is -1.94.